The van der Waals surface area contributed by atoms with Crippen LogP contribution in [0.15, 0.2) is 24.3 Å². The van der Waals surface area contributed by atoms with E-state index in [-0.39, 0.29) is 5.91 Å². The molecule has 0 fully saturated rings. The predicted octanol–water partition coefficient (Wildman–Crippen LogP) is 5.25. The lowest BCUT2D eigenvalue weighted by atomic mass is 10.1. The topological polar surface area (TPSA) is 62.1 Å². The highest BCUT2D eigenvalue weighted by atomic mass is 32.1. The summed E-state index contributed by atoms with van der Waals surface area (Å²) in [5.41, 5.74) is 3.04. The minimum atomic E-state index is -0.629. The van der Waals surface area contributed by atoms with Crippen molar-refractivity contribution in [3.8, 4) is 11.8 Å². The molecule has 0 spiro atoms. The number of hydrogen-bond donors (Lipinski definition) is 1. The summed E-state index contributed by atoms with van der Waals surface area (Å²) in [6.07, 6.45) is 6.91. The molecule has 1 aromatic heterocycles. The number of benzene rings is 1. The summed E-state index contributed by atoms with van der Waals surface area (Å²) in [5.74, 6) is 0.459. The van der Waals surface area contributed by atoms with Gasteiger partial charge in [-0.15, -0.1) is 11.3 Å². The van der Waals surface area contributed by atoms with Gasteiger partial charge in [0.05, 0.1) is 5.56 Å². The first-order valence-electron chi connectivity index (χ1n) is 9.73. The minimum absolute atomic E-state index is 0.222. The molecule has 0 saturated heterocycles. The van der Waals surface area contributed by atoms with E-state index in [0.717, 1.165) is 44.1 Å². The maximum absolute atomic E-state index is 12.6. The zero-order valence-corrected chi connectivity index (χ0v) is 16.8. The van der Waals surface area contributed by atoms with Crippen molar-refractivity contribution in [3.05, 3.63) is 45.8 Å². The first-order valence-corrected chi connectivity index (χ1v) is 10.5. The summed E-state index contributed by atoms with van der Waals surface area (Å²) in [6.45, 7) is 3.89. The molecule has 142 valence electrons. The number of hydrogen-bond acceptors (Lipinski definition) is 4. The van der Waals surface area contributed by atoms with Crippen LogP contribution in [-0.4, -0.2) is 12.0 Å². The summed E-state index contributed by atoms with van der Waals surface area (Å²) in [5, 5.41) is 13.2. The molecule has 0 saturated carbocycles. The van der Waals surface area contributed by atoms with Crippen molar-refractivity contribution in [2.75, 3.05) is 5.32 Å². The maximum Gasteiger partial charge on any atom is 0.265 e. The van der Waals surface area contributed by atoms with Crippen LogP contribution in [-0.2, 0) is 24.1 Å². The van der Waals surface area contributed by atoms with Gasteiger partial charge in [-0.3, -0.25) is 4.79 Å². The lowest BCUT2D eigenvalue weighted by molar-refractivity contribution is -0.122. The molecule has 1 atom stereocenters. The molecule has 1 heterocycles. The summed E-state index contributed by atoms with van der Waals surface area (Å²) in [7, 11) is 0. The number of amides is 1. The second-order valence-corrected chi connectivity index (χ2v) is 8.13. The molecule has 1 N–H and O–H groups in total. The van der Waals surface area contributed by atoms with Crippen molar-refractivity contribution in [2.45, 2.75) is 64.9 Å². The number of nitriles is 1. The summed E-state index contributed by atoms with van der Waals surface area (Å²) < 4.78 is 5.79. The number of ether oxygens (including phenoxy) is 1. The van der Waals surface area contributed by atoms with E-state index < -0.39 is 6.10 Å². The van der Waals surface area contributed by atoms with Crippen molar-refractivity contribution in [3.63, 3.8) is 0 Å². The molecule has 27 heavy (non-hydrogen) atoms. The molecule has 1 aliphatic rings. The Morgan fingerprint density at radius 3 is 2.70 bits per heavy atom. The van der Waals surface area contributed by atoms with Gasteiger partial charge >= 0.3 is 0 Å². The monoisotopic (exact) mass is 382 g/mol. The number of nitrogens with one attached hydrogen (secondary N) is 1. The smallest absolute Gasteiger partial charge is 0.265 e. The van der Waals surface area contributed by atoms with Gasteiger partial charge < -0.3 is 10.1 Å². The summed E-state index contributed by atoms with van der Waals surface area (Å²) in [4.78, 5) is 13.8. The van der Waals surface area contributed by atoms with Gasteiger partial charge in [-0.2, -0.15) is 5.26 Å². The van der Waals surface area contributed by atoms with Crippen LogP contribution in [0.2, 0.25) is 0 Å². The molecule has 1 aliphatic carbocycles. The maximum atomic E-state index is 12.6. The van der Waals surface area contributed by atoms with Gasteiger partial charge in [0, 0.05) is 4.88 Å². The number of thiophene rings is 1. The number of fused-ring (bicyclic) bond motifs is 1. The number of rotatable bonds is 6. The normalized spacial score (nSPS) is 14.6. The average molecular weight is 383 g/mol. The van der Waals surface area contributed by atoms with Crippen LogP contribution >= 0.6 is 11.3 Å². The highest BCUT2D eigenvalue weighted by Crippen LogP contribution is 2.37. The van der Waals surface area contributed by atoms with Crippen LogP contribution in [0.1, 0.15) is 61.1 Å². The SMILES string of the molecule is CCCc1ccc(O[C@@H](C)C(=O)Nc2sc3c(c2C#N)CCCCC3)cc1. The molecule has 2 aromatic rings. The molecule has 0 radical (unpaired) electrons. The largest absolute Gasteiger partial charge is 0.481 e. The molecule has 1 amide bonds. The van der Waals surface area contributed by atoms with E-state index >= 15 is 0 Å². The number of carbonyl (C=O) groups is 1. The highest BCUT2D eigenvalue weighted by Gasteiger charge is 2.23. The van der Waals surface area contributed by atoms with Crippen molar-refractivity contribution in [1.29, 1.82) is 5.26 Å². The molecular weight excluding hydrogens is 356 g/mol. The quantitative estimate of drug-likeness (QED) is 0.694. The molecule has 0 aliphatic heterocycles. The van der Waals surface area contributed by atoms with Crippen molar-refractivity contribution in [2.24, 2.45) is 0 Å². The van der Waals surface area contributed by atoms with Crippen LogP contribution < -0.4 is 10.1 Å². The average Bonchev–Trinajstić information content (AvgIpc) is 2.83. The third kappa shape index (κ3) is 4.70. The van der Waals surface area contributed by atoms with Crippen LogP contribution in [0.5, 0.6) is 5.75 Å². The van der Waals surface area contributed by atoms with Gasteiger partial charge in [-0.1, -0.05) is 31.9 Å². The van der Waals surface area contributed by atoms with Gasteiger partial charge in [0.25, 0.3) is 5.91 Å². The summed E-state index contributed by atoms with van der Waals surface area (Å²) in [6, 6.07) is 10.2. The molecular formula is C22H26N2O2S. The standard InChI is InChI=1S/C22H26N2O2S/c1-3-7-16-10-12-17(13-11-16)26-15(2)21(25)24-22-19(14-23)18-8-5-4-6-9-20(18)27-22/h10-13,15H,3-9H2,1-2H3,(H,24,25)/t15-/m0/s1. The Kier molecular flexibility index (Phi) is 6.52. The zero-order chi connectivity index (χ0) is 19.2. The summed E-state index contributed by atoms with van der Waals surface area (Å²) >= 11 is 1.55. The van der Waals surface area contributed by atoms with Crippen LogP contribution in [0.4, 0.5) is 5.00 Å². The molecule has 5 heteroatoms. The Balaban J connectivity index is 1.67. The van der Waals surface area contributed by atoms with E-state index in [1.165, 1.54) is 16.9 Å². The first-order chi connectivity index (χ1) is 13.1. The fraction of sp³-hybridized carbons (Fsp3) is 0.455. The van der Waals surface area contributed by atoms with E-state index in [9.17, 15) is 10.1 Å². The Hall–Kier alpha value is -2.32. The van der Waals surface area contributed by atoms with Crippen molar-refractivity contribution < 1.29 is 9.53 Å². The third-order valence-corrected chi connectivity index (χ3v) is 6.12. The Morgan fingerprint density at radius 1 is 1.26 bits per heavy atom. The third-order valence-electron chi connectivity index (χ3n) is 4.91. The van der Waals surface area contributed by atoms with Gasteiger partial charge in [0.15, 0.2) is 6.10 Å². The predicted molar refractivity (Wildman–Crippen MR) is 109 cm³/mol. The van der Waals surface area contributed by atoms with Gasteiger partial charge in [-0.05, 0) is 62.3 Å². The van der Waals surface area contributed by atoms with E-state index in [2.05, 4.69) is 18.3 Å². The molecule has 3 rings (SSSR count). The molecule has 1 aromatic carbocycles. The number of carbonyl (C=O) groups excluding carboxylic acids is 1. The molecule has 4 nitrogen and oxygen atoms in total. The van der Waals surface area contributed by atoms with E-state index in [4.69, 9.17) is 4.74 Å². The van der Waals surface area contributed by atoms with Crippen molar-refractivity contribution >= 4 is 22.2 Å². The minimum Gasteiger partial charge on any atom is -0.481 e. The highest BCUT2D eigenvalue weighted by molar-refractivity contribution is 7.16. The van der Waals surface area contributed by atoms with E-state index in [1.54, 1.807) is 18.3 Å². The molecule has 0 bridgehead atoms. The van der Waals surface area contributed by atoms with E-state index in [0.29, 0.717) is 16.3 Å². The number of nitrogens with zero attached hydrogens (tertiary/aromatic N) is 1. The first kappa shape index (κ1) is 19.4. The van der Waals surface area contributed by atoms with Gasteiger partial charge in [0.2, 0.25) is 0 Å². The Bertz CT molecular complexity index is 833. The van der Waals surface area contributed by atoms with Crippen LogP contribution in [0.3, 0.4) is 0 Å². The molecule has 0 unspecified atom stereocenters. The van der Waals surface area contributed by atoms with Gasteiger partial charge in [-0.25, -0.2) is 0 Å². The number of anilines is 1. The van der Waals surface area contributed by atoms with Crippen molar-refractivity contribution in [1.82, 2.24) is 0 Å². The Labute approximate surface area is 165 Å². The van der Waals surface area contributed by atoms with Crippen LogP contribution in [0, 0.1) is 11.3 Å². The fourth-order valence-corrected chi connectivity index (χ4v) is 4.69. The second kappa shape index (κ2) is 9.05. The van der Waals surface area contributed by atoms with Gasteiger partial charge in [0.1, 0.15) is 16.8 Å². The fourth-order valence-electron chi connectivity index (χ4n) is 3.44. The zero-order valence-electron chi connectivity index (χ0n) is 16.0. The van der Waals surface area contributed by atoms with Crippen LogP contribution in [0.25, 0.3) is 0 Å². The Morgan fingerprint density at radius 2 is 2.00 bits per heavy atom. The van der Waals surface area contributed by atoms with E-state index in [1.807, 2.05) is 24.3 Å². The number of aryl methyl sites for hydroxylation is 2. The lowest BCUT2D eigenvalue weighted by Crippen LogP contribution is -2.30. The second-order valence-electron chi connectivity index (χ2n) is 7.02. The lowest BCUT2D eigenvalue weighted by Gasteiger charge is -2.14.